The van der Waals surface area contributed by atoms with Gasteiger partial charge in [0.15, 0.2) is 0 Å². The summed E-state index contributed by atoms with van der Waals surface area (Å²) in [7, 11) is 0. The summed E-state index contributed by atoms with van der Waals surface area (Å²) in [6.07, 6.45) is 11.9. The van der Waals surface area contributed by atoms with Gasteiger partial charge in [0.25, 0.3) is 0 Å². The van der Waals surface area contributed by atoms with Crippen LogP contribution in [-0.4, -0.2) is 10.5 Å². The number of allylic oxidation sites excluding steroid dienone is 2. The molecule has 1 aromatic rings. The molecule has 0 aromatic heterocycles. The highest BCUT2D eigenvalue weighted by molar-refractivity contribution is 8.06. The maximum absolute atomic E-state index is 5.43. The maximum Gasteiger partial charge on any atom is 0.0447 e. The molecule has 1 aliphatic heterocycles. The van der Waals surface area contributed by atoms with Crippen LogP contribution < -0.4 is 0 Å². The third kappa shape index (κ3) is 1.71. The largest absolute Gasteiger partial charge is 0.116 e. The second-order valence-electron chi connectivity index (χ2n) is 3.74. The lowest BCUT2D eigenvalue weighted by atomic mass is 10.1. The van der Waals surface area contributed by atoms with Crippen LogP contribution in [0.4, 0.5) is 0 Å². The minimum absolute atomic E-state index is 0.482. The summed E-state index contributed by atoms with van der Waals surface area (Å²) in [4.78, 5) is 2.76. The quantitative estimate of drug-likeness (QED) is 0.635. The highest BCUT2D eigenvalue weighted by Gasteiger charge is 2.28. The van der Waals surface area contributed by atoms with Gasteiger partial charge in [-0.1, -0.05) is 30.2 Å². The van der Waals surface area contributed by atoms with E-state index >= 15 is 0 Å². The normalized spacial score (nSPS) is 26.3. The molecule has 0 N–H and O–H groups in total. The van der Waals surface area contributed by atoms with Crippen molar-refractivity contribution in [2.45, 2.75) is 20.3 Å². The highest BCUT2D eigenvalue weighted by atomic mass is 32.2. The van der Waals surface area contributed by atoms with Crippen molar-refractivity contribution in [3.05, 3.63) is 48.1 Å². The first-order valence-electron chi connectivity index (χ1n) is 5.16. The summed E-state index contributed by atoms with van der Waals surface area (Å²) in [5, 5.41) is 1.01. The number of hydrogen-bond acceptors (Lipinski definition) is 2. The van der Waals surface area contributed by atoms with Crippen molar-refractivity contribution >= 4 is 23.5 Å². The molecule has 0 saturated carbocycles. The average molecular weight is 242 g/mol. The molecule has 0 amide bonds. The summed E-state index contributed by atoms with van der Waals surface area (Å²) in [5.74, 6) is 2.71. The van der Waals surface area contributed by atoms with E-state index in [1.54, 1.807) is 0 Å². The summed E-state index contributed by atoms with van der Waals surface area (Å²) >= 11 is 3.85. The first kappa shape index (κ1) is 10.1. The third-order valence-electron chi connectivity index (χ3n) is 2.68. The van der Waals surface area contributed by atoms with Gasteiger partial charge in [0.1, 0.15) is 0 Å². The van der Waals surface area contributed by atoms with Crippen LogP contribution in [0.3, 0.4) is 0 Å². The van der Waals surface area contributed by atoms with Gasteiger partial charge in [0, 0.05) is 25.9 Å². The van der Waals surface area contributed by atoms with E-state index in [1.807, 2.05) is 23.5 Å². The second kappa shape index (κ2) is 4.08. The monoisotopic (exact) mass is 242 g/mol. The van der Waals surface area contributed by atoms with Gasteiger partial charge in [-0.2, -0.15) is 0 Å². The molecule has 2 aliphatic rings. The van der Waals surface area contributed by atoms with Crippen LogP contribution in [0.25, 0.3) is 0 Å². The van der Waals surface area contributed by atoms with Crippen molar-refractivity contribution in [3.63, 3.8) is 0 Å². The van der Waals surface area contributed by atoms with Gasteiger partial charge >= 0.3 is 0 Å². The van der Waals surface area contributed by atoms with Gasteiger partial charge in [-0.3, -0.25) is 0 Å². The average Bonchev–Trinajstić information content (AvgIpc) is 2.35. The fraction of sp³-hybridized carbons (Fsp3) is 0.143. The lowest BCUT2D eigenvalue weighted by Crippen LogP contribution is -2.21. The van der Waals surface area contributed by atoms with E-state index in [0.717, 1.165) is 5.57 Å². The van der Waals surface area contributed by atoms with Crippen LogP contribution in [-0.2, 0) is 0 Å². The molecule has 0 spiro atoms. The molecule has 2 unspecified atom stereocenters. The molecule has 3 rings (SSSR count). The van der Waals surface area contributed by atoms with Crippen molar-refractivity contribution in [2.75, 3.05) is 0 Å². The first-order valence-corrected chi connectivity index (χ1v) is 6.92. The summed E-state index contributed by atoms with van der Waals surface area (Å²) in [5.41, 5.74) is 1.01. The fourth-order valence-corrected chi connectivity index (χ4v) is 4.58. The number of rotatable bonds is 0. The molecule has 1 heterocycles. The predicted molar refractivity (Wildman–Crippen MR) is 71.8 cm³/mol. The van der Waals surface area contributed by atoms with Gasteiger partial charge in [-0.15, -0.1) is 29.9 Å². The van der Waals surface area contributed by atoms with Crippen LogP contribution in [0.5, 0.6) is 0 Å². The molecule has 0 saturated heterocycles. The Kier molecular flexibility index (Phi) is 2.59. The molecule has 0 fully saturated rings. The Hall–Kier alpha value is -1.04. The van der Waals surface area contributed by atoms with E-state index in [9.17, 15) is 0 Å². The van der Waals surface area contributed by atoms with Crippen molar-refractivity contribution < 1.29 is 0 Å². The summed E-state index contributed by atoms with van der Waals surface area (Å²) < 4.78 is 0. The molecular weight excluding hydrogens is 232 g/mol. The molecule has 0 nitrogen and oxygen atoms in total. The van der Waals surface area contributed by atoms with Crippen molar-refractivity contribution in [2.24, 2.45) is 0 Å². The highest BCUT2D eigenvalue weighted by Crippen LogP contribution is 2.47. The molecule has 0 radical (unpaired) electrons. The van der Waals surface area contributed by atoms with Gasteiger partial charge in [-0.25, -0.2) is 0 Å². The predicted octanol–water partition coefficient (Wildman–Crippen LogP) is 3.75. The van der Waals surface area contributed by atoms with Crippen LogP contribution in [0.15, 0.2) is 57.9 Å². The topological polar surface area (TPSA) is 0 Å². The Morgan fingerprint density at radius 1 is 1.06 bits per heavy atom. The number of hydrogen-bond donors (Lipinski definition) is 0. The number of thioether (sulfide) groups is 2. The van der Waals surface area contributed by atoms with E-state index in [1.165, 1.54) is 9.79 Å². The zero-order valence-corrected chi connectivity index (χ0v) is 10.2. The maximum atomic E-state index is 5.43. The minimum Gasteiger partial charge on any atom is -0.116 e. The van der Waals surface area contributed by atoms with Gasteiger partial charge in [-0.05, 0) is 18.2 Å². The minimum atomic E-state index is 0.482. The first-order chi connectivity index (χ1) is 7.86. The van der Waals surface area contributed by atoms with E-state index in [2.05, 4.69) is 48.4 Å². The standard InChI is InChI=1S/C14H10S2/c1-2-10-7-8-13-14(9-10)16-12-6-4-3-5-11(12)15-13/h1,3-9,13-14H. The van der Waals surface area contributed by atoms with E-state index < -0.39 is 0 Å². The number of fused-ring (bicyclic) bond motifs is 2. The molecule has 1 aromatic carbocycles. The van der Waals surface area contributed by atoms with Gasteiger partial charge in [0.2, 0.25) is 0 Å². The SMILES string of the molecule is C#CC1=CC2Sc3ccccc3SC2C=C1. The molecular formula is C14H10S2. The molecule has 2 heteroatoms. The Bertz CT molecular complexity index is 520. The molecule has 16 heavy (non-hydrogen) atoms. The van der Waals surface area contributed by atoms with E-state index in [0.29, 0.717) is 10.5 Å². The van der Waals surface area contributed by atoms with Crippen molar-refractivity contribution in [1.82, 2.24) is 0 Å². The Morgan fingerprint density at radius 2 is 1.75 bits per heavy atom. The van der Waals surface area contributed by atoms with Crippen LogP contribution in [0, 0.1) is 12.3 Å². The zero-order chi connectivity index (χ0) is 11.0. The molecule has 1 aliphatic carbocycles. The summed E-state index contributed by atoms with van der Waals surface area (Å²) in [6, 6.07) is 8.57. The van der Waals surface area contributed by atoms with E-state index in [4.69, 9.17) is 6.42 Å². The lowest BCUT2D eigenvalue weighted by molar-refractivity contribution is 1.03. The van der Waals surface area contributed by atoms with Crippen molar-refractivity contribution in [1.29, 1.82) is 0 Å². The second-order valence-corrected chi connectivity index (χ2v) is 6.18. The smallest absolute Gasteiger partial charge is 0.0447 e. The van der Waals surface area contributed by atoms with Crippen LogP contribution >= 0.6 is 23.5 Å². The number of terminal acetylenes is 1. The fourth-order valence-electron chi connectivity index (χ4n) is 1.88. The Balaban J connectivity index is 1.97. The molecule has 2 atom stereocenters. The van der Waals surface area contributed by atoms with E-state index in [-0.39, 0.29) is 0 Å². The summed E-state index contributed by atoms with van der Waals surface area (Å²) in [6.45, 7) is 0. The Labute approximate surface area is 104 Å². The molecule has 78 valence electrons. The molecule has 0 bridgehead atoms. The van der Waals surface area contributed by atoms with Crippen LogP contribution in [0.1, 0.15) is 0 Å². The third-order valence-corrected chi connectivity index (χ3v) is 5.62. The van der Waals surface area contributed by atoms with Crippen molar-refractivity contribution in [3.8, 4) is 12.3 Å². The van der Waals surface area contributed by atoms with Gasteiger partial charge in [0.05, 0.1) is 0 Å². The zero-order valence-electron chi connectivity index (χ0n) is 8.59. The Morgan fingerprint density at radius 3 is 2.44 bits per heavy atom. The van der Waals surface area contributed by atoms with Crippen LogP contribution in [0.2, 0.25) is 0 Å². The van der Waals surface area contributed by atoms with Gasteiger partial charge < -0.3 is 0 Å². The number of benzene rings is 1. The lowest BCUT2D eigenvalue weighted by Gasteiger charge is -2.30.